The van der Waals surface area contributed by atoms with Crippen LogP contribution in [0.15, 0.2) is 0 Å². The Labute approximate surface area is 142 Å². The number of fused-ring (bicyclic) bond motifs is 5. The Balaban J connectivity index is 1.92. The summed E-state index contributed by atoms with van der Waals surface area (Å²) in [6.45, 7) is 2.05. The van der Waals surface area contributed by atoms with Crippen molar-refractivity contribution in [3.63, 3.8) is 0 Å². The summed E-state index contributed by atoms with van der Waals surface area (Å²) in [7, 11) is 1.64. The zero-order chi connectivity index (χ0) is 16.8. The Bertz CT molecular complexity index is 945. The van der Waals surface area contributed by atoms with E-state index in [1.165, 1.54) is 28.2 Å². The minimum Gasteiger partial charge on any atom is -0.395 e. The molecule has 1 N–H and O–H groups in total. The summed E-state index contributed by atoms with van der Waals surface area (Å²) in [6, 6.07) is 0. The quantitative estimate of drug-likeness (QED) is 0.779. The van der Waals surface area contributed by atoms with Crippen molar-refractivity contribution in [1.29, 1.82) is 0 Å². The first-order valence-electron chi connectivity index (χ1n) is 8.14. The van der Waals surface area contributed by atoms with Crippen molar-refractivity contribution in [2.75, 3.05) is 20.2 Å². The predicted octanol–water partition coefficient (Wildman–Crippen LogP) is 1.59. The molecule has 1 aliphatic carbocycles. The summed E-state index contributed by atoms with van der Waals surface area (Å²) in [5, 5.41) is 14.4. The molecule has 7 nitrogen and oxygen atoms in total. The van der Waals surface area contributed by atoms with Gasteiger partial charge in [0.2, 0.25) is 5.82 Å². The third kappa shape index (κ3) is 2.29. The van der Waals surface area contributed by atoms with Crippen LogP contribution in [0.3, 0.4) is 0 Å². The number of hydrogen-bond donors (Lipinski definition) is 1. The number of aryl methyl sites for hydroxylation is 3. The highest BCUT2D eigenvalue weighted by molar-refractivity contribution is 7.19. The molecule has 126 valence electrons. The monoisotopic (exact) mass is 345 g/mol. The highest BCUT2D eigenvalue weighted by Gasteiger charge is 2.24. The molecule has 0 saturated heterocycles. The molecule has 0 fully saturated rings. The van der Waals surface area contributed by atoms with Crippen molar-refractivity contribution in [2.45, 2.75) is 32.6 Å². The summed E-state index contributed by atoms with van der Waals surface area (Å²) >= 11 is 1.74. The molecule has 0 saturated carbocycles. The van der Waals surface area contributed by atoms with Gasteiger partial charge in [-0.2, -0.15) is 4.52 Å². The summed E-state index contributed by atoms with van der Waals surface area (Å²) in [4.78, 5) is 25.5. The number of aliphatic hydroxyl groups excluding tert-OH is 1. The van der Waals surface area contributed by atoms with Crippen molar-refractivity contribution in [3.8, 4) is 0 Å². The van der Waals surface area contributed by atoms with E-state index in [2.05, 4.69) is 15.1 Å². The Hall–Kier alpha value is -2.06. The van der Waals surface area contributed by atoms with Crippen molar-refractivity contribution in [2.24, 2.45) is 0 Å². The van der Waals surface area contributed by atoms with Crippen LogP contribution in [0.25, 0.3) is 15.9 Å². The van der Waals surface area contributed by atoms with Gasteiger partial charge in [-0.05, 0) is 38.2 Å². The molecule has 0 spiro atoms. The second-order valence-electron chi connectivity index (χ2n) is 6.17. The van der Waals surface area contributed by atoms with Gasteiger partial charge in [0, 0.05) is 18.5 Å². The fraction of sp³-hybridized carbons (Fsp3) is 0.500. The van der Waals surface area contributed by atoms with E-state index in [-0.39, 0.29) is 24.9 Å². The molecule has 0 aliphatic heterocycles. The normalized spacial score (nSPS) is 14.3. The molecule has 0 radical (unpaired) electrons. The maximum absolute atomic E-state index is 12.4. The van der Waals surface area contributed by atoms with Gasteiger partial charge in [-0.3, -0.25) is 4.79 Å². The van der Waals surface area contributed by atoms with Crippen LogP contribution in [0, 0.1) is 6.92 Å². The van der Waals surface area contributed by atoms with Gasteiger partial charge in [-0.1, -0.05) is 0 Å². The number of amides is 1. The fourth-order valence-electron chi connectivity index (χ4n) is 3.27. The second-order valence-corrected chi connectivity index (χ2v) is 7.25. The average Bonchev–Trinajstić information content (AvgIpc) is 3.15. The molecule has 1 aliphatic rings. The van der Waals surface area contributed by atoms with Crippen molar-refractivity contribution in [1.82, 2.24) is 24.5 Å². The number of carbonyl (C=O) groups is 1. The number of thiophene rings is 1. The smallest absolute Gasteiger partial charge is 0.293 e. The van der Waals surface area contributed by atoms with Crippen LogP contribution in [-0.2, 0) is 12.8 Å². The first-order valence-corrected chi connectivity index (χ1v) is 8.95. The van der Waals surface area contributed by atoms with Crippen LogP contribution in [-0.4, -0.2) is 55.7 Å². The zero-order valence-electron chi connectivity index (χ0n) is 13.7. The summed E-state index contributed by atoms with van der Waals surface area (Å²) in [5.74, 6) is 0.593. The summed E-state index contributed by atoms with van der Waals surface area (Å²) in [5.41, 5.74) is 2.05. The van der Waals surface area contributed by atoms with E-state index in [9.17, 15) is 4.79 Å². The van der Waals surface area contributed by atoms with E-state index in [0.717, 1.165) is 34.5 Å². The Morgan fingerprint density at radius 1 is 1.33 bits per heavy atom. The summed E-state index contributed by atoms with van der Waals surface area (Å²) < 4.78 is 1.67. The van der Waals surface area contributed by atoms with Gasteiger partial charge in [0.05, 0.1) is 12.0 Å². The predicted molar refractivity (Wildman–Crippen MR) is 91.6 cm³/mol. The number of aromatic nitrogens is 4. The topological polar surface area (TPSA) is 83.6 Å². The van der Waals surface area contributed by atoms with Gasteiger partial charge >= 0.3 is 0 Å². The molecule has 3 heterocycles. The number of rotatable bonds is 3. The standard InChI is InChI=1S/C16H19N5O2S/c1-9-17-15-12(10-5-3-4-6-11(10)24-15)14-18-13(19-21(9)14)16(23)20(2)7-8-22/h22H,3-8H2,1-2H3. The van der Waals surface area contributed by atoms with Gasteiger partial charge in [0.15, 0.2) is 5.65 Å². The molecule has 0 aromatic carbocycles. The van der Waals surface area contributed by atoms with Gasteiger partial charge < -0.3 is 10.0 Å². The van der Waals surface area contributed by atoms with Crippen LogP contribution in [0.2, 0.25) is 0 Å². The molecular formula is C16H19N5O2S. The van der Waals surface area contributed by atoms with E-state index >= 15 is 0 Å². The van der Waals surface area contributed by atoms with Gasteiger partial charge in [-0.15, -0.1) is 16.4 Å². The largest absolute Gasteiger partial charge is 0.395 e. The number of carbonyl (C=O) groups excluding carboxylic acids is 1. The molecule has 0 bridgehead atoms. The fourth-order valence-corrected chi connectivity index (χ4v) is 4.57. The van der Waals surface area contributed by atoms with Crippen molar-refractivity contribution >= 4 is 33.1 Å². The van der Waals surface area contributed by atoms with Crippen LogP contribution < -0.4 is 0 Å². The Morgan fingerprint density at radius 2 is 2.12 bits per heavy atom. The highest BCUT2D eigenvalue weighted by atomic mass is 32.1. The maximum atomic E-state index is 12.4. The third-order valence-electron chi connectivity index (χ3n) is 4.53. The second kappa shape index (κ2) is 5.78. The molecule has 24 heavy (non-hydrogen) atoms. The zero-order valence-corrected chi connectivity index (χ0v) is 14.6. The van der Waals surface area contributed by atoms with Crippen LogP contribution in [0.1, 0.15) is 39.7 Å². The molecule has 0 atom stereocenters. The third-order valence-corrected chi connectivity index (χ3v) is 5.71. The van der Waals surface area contributed by atoms with E-state index in [1.54, 1.807) is 22.9 Å². The van der Waals surface area contributed by atoms with Crippen LogP contribution >= 0.6 is 11.3 Å². The molecular weight excluding hydrogens is 326 g/mol. The molecule has 1 amide bonds. The lowest BCUT2D eigenvalue weighted by atomic mass is 9.97. The van der Waals surface area contributed by atoms with Gasteiger partial charge in [-0.25, -0.2) is 9.97 Å². The van der Waals surface area contributed by atoms with E-state index < -0.39 is 0 Å². The van der Waals surface area contributed by atoms with Gasteiger partial charge in [0.25, 0.3) is 5.91 Å². The minimum atomic E-state index is -0.288. The Kier molecular flexibility index (Phi) is 3.73. The van der Waals surface area contributed by atoms with E-state index in [1.807, 2.05) is 6.92 Å². The van der Waals surface area contributed by atoms with Crippen molar-refractivity contribution < 1.29 is 9.90 Å². The molecule has 8 heteroatoms. The average molecular weight is 345 g/mol. The number of likely N-dealkylation sites (N-methyl/N-ethyl adjacent to an activating group) is 1. The first-order chi connectivity index (χ1) is 11.6. The SMILES string of the molecule is Cc1nc2sc3c(c2c2nc(C(=O)N(C)CCO)nn12)CCCC3. The molecule has 4 rings (SSSR count). The number of aliphatic hydroxyl groups is 1. The van der Waals surface area contributed by atoms with Crippen LogP contribution in [0.4, 0.5) is 0 Å². The number of nitrogens with zero attached hydrogens (tertiary/aromatic N) is 5. The number of hydrogen-bond acceptors (Lipinski definition) is 6. The summed E-state index contributed by atoms with van der Waals surface area (Å²) in [6.07, 6.45) is 4.53. The Morgan fingerprint density at radius 3 is 2.92 bits per heavy atom. The molecule has 3 aromatic rings. The minimum absolute atomic E-state index is 0.0848. The highest BCUT2D eigenvalue weighted by Crippen LogP contribution is 2.37. The lowest BCUT2D eigenvalue weighted by Gasteiger charge is -2.12. The van der Waals surface area contributed by atoms with Gasteiger partial charge in [0.1, 0.15) is 10.7 Å². The van der Waals surface area contributed by atoms with Crippen LogP contribution in [0.5, 0.6) is 0 Å². The molecule has 0 unspecified atom stereocenters. The van der Waals surface area contributed by atoms with Crippen molar-refractivity contribution in [3.05, 3.63) is 22.1 Å². The maximum Gasteiger partial charge on any atom is 0.293 e. The van der Waals surface area contributed by atoms with E-state index in [0.29, 0.717) is 0 Å². The first kappa shape index (κ1) is 15.5. The lowest BCUT2D eigenvalue weighted by molar-refractivity contribution is 0.0755. The van der Waals surface area contributed by atoms with E-state index in [4.69, 9.17) is 5.11 Å². The lowest BCUT2D eigenvalue weighted by Crippen LogP contribution is -2.30. The molecule has 3 aromatic heterocycles.